The summed E-state index contributed by atoms with van der Waals surface area (Å²) in [5.74, 6) is 0.257. The van der Waals surface area contributed by atoms with Crippen molar-refractivity contribution < 1.29 is 9.59 Å². The van der Waals surface area contributed by atoms with Crippen molar-refractivity contribution in [1.29, 1.82) is 0 Å². The second kappa shape index (κ2) is 6.34. The number of nitrogens with one attached hydrogen (secondary N) is 1. The number of likely N-dealkylation sites (tertiary alicyclic amines) is 1. The number of hydrogen-bond donors (Lipinski definition) is 2. The van der Waals surface area contributed by atoms with Crippen LogP contribution < -0.4 is 11.1 Å². The maximum absolute atomic E-state index is 12.4. The summed E-state index contributed by atoms with van der Waals surface area (Å²) in [7, 11) is 0. The molecule has 6 heteroatoms. The molecule has 0 aromatic carbocycles. The van der Waals surface area contributed by atoms with Crippen molar-refractivity contribution in [2.45, 2.75) is 33.6 Å². The Morgan fingerprint density at radius 1 is 1.36 bits per heavy atom. The molecule has 0 aliphatic carbocycles. The Morgan fingerprint density at radius 2 is 2.09 bits per heavy atom. The molecular formula is C16H24N4O2. The third kappa shape index (κ3) is 3.96. The van der Waals surface area contributed by atoms with Gasteiger partial charge in [0.25, 0.3) is 0 Å². The van der Waals surface area contributed by atoms with E-state index >= 15 is 0 Å². The molecule has 1 atom stereocenters. The van der Waals surface area contributed by atoms with E-state index in [1.54, 1.807) is 17.0 Å². The Balaban J connectivity index is 1.98. The lowest BCUT2D eigenvalue weighted by atomic mass is 9.91. The van der Waals surface area contributed by atoms with Crippen LogP contribution in [0.1, 0.15) is 33.6 Å². The number of aromatic nitrogens is 1. The first-order chi connectivity index (χ1) is 10.3. The fourth-order valence-corrected chi connectivity index (χ4v) is 2.57. The van der Waals surface area contributed by atoms with Gasteiger partial charge in [0.15, 0.2) is 0 Å². The van der Waals surface area contributed by atoms with Gasteiger partial charge in [0, 0.05) is 18.5 Å². The molecule has 22 heavy (non-hydrogen) atoms. The van der Waals surface area contributed by atoms with E-state index in [4.69, 9.17) is 5.73 Å². The average molecular weight is 304 g/mol. The van der Waals surface area contributed by atoms with Crippen LogP contribution in [0, 0.1) is 11.3 Å². The van der Waals surface area contributed by atoms with Gasteiger partial charge in [-0.05, 0) is 25.0 Å². The fourth-order valence-electron chi connectivity index (χ4n) is 2.57. The molecule has 0 spiro atoms. The van der Waals surface area contributed by atoms with Crippen LogP contribution in [0.15, 0.2) is 18.3 Å². The highest BCUT2D eigenvalue weighted by Gasteiger charge is 2.33. The Labute approximate surface area is 131 Å². The zero-order valence-corrected chi connectivity index (χ0v) is 13.4. The molecule has 2 rings (SSSR count). The molecule has 120 valence electrons. The van der Waals surface area contributed by atoms with Gasteiger partial charge in [-0.3, -0.25) is 9.59 Å². The van der Waals surface area contributed by atoms with Gasteiger partial charge in [0.1, 0.15) is 5.82 Å². The molecule has 1 aliphatic heterocycles. The van der Waals surface area contributed by atoms with Crippen LogP contribution in [0.3, 0.4) is 0 Å². The third-order valence-corrected chi connectivity index (χ3v) is 3.77. The summed E-state index contributed by atoms with van der Waals surface area (Å²) in [6, 6.07) is 3.37. The van der Waals surface area contributed by atoms with Crippen LogP contribution in [0.4, 0.5) is 11.5 Å². The maximum atomic E-state index is 12.4. The molecule has 3 N–H and O–H groups in total. The van der Waals surface area contributed by atoms with E-state index < -0.39 is 5.41 Å². The van der Waals surface area contributed by atoms with E-state index in [-0.39, 0.29) is 17.7 Å². The molecule has 1 aromatic heterocycles. The number of hydrogen-bond acceptors (Lipinski definition) is 4. The normalized spacial score (nSPS) is 18.9. The third-order valence-electron chi connectivity index (χ3n) is 3.77. The summed E-state index contributed by atoms with van der Waals surface area (Å²) in [5.41, 5.74) is 5.73. The number of carbonyl (C=O) groups is 2. The van der Waals surface area contributed by atoms with Gasteiger partial charge in [0.05, 0.1) is 17.8 Å². The van der Waals surface area contributed by atoms with Crippen LogP contribution in [0.2, 0.25) is 0 Å². The van der Waals surface area contributed by atoms with Crippen LogP contribution in [0.25, 0.3) is 0 Å². The SMILES string of the molecule is CC(C)(C)C(=O)N1CCCC(C(=O)Nc2ccc(N)nc2)C1. The summed E-state index contributed by atoms with van der Waals surface area (Å²) in [4.78, 5) is 30.5. The molecule has 1 fully saturated rings. The van der Waals surface area contributed by atoms with Gasteiger partial charge in [-0.15, -0.1) is 0 Å². The monoisotopic (exact) mass is 304 g/mol. The number of amides is 2. The number of carbonyl (C=O) groups excluding carboxylic acids is 2. The number of pyridine rings is 1. The predicted octanol–water partition coefficient (Wildman–Crippen LogP) is 1.89. The smallest absolute Gasteiger partial charge is 0.229 e. The lowest BCUT2D eigenvalue weighted by Crippen LogP contribution is -2.47. The number of nitrogen functional groups attached to an aromatic ring is 1. The number of nitrogens with zero attached hydrogens (tertiary/aromatic N) is 2. The van der Waals surface area contributed by atoms with Gasteiger partial charge in [0.2, 0.25) is 11.8 Å². The number of piperidine rings is 1. The minimum atomic E-state index is -0.417. The Bertz CT molecular complexity index is 548. The van der Waals surface area contributed by atoms with E-state index in [1.165, 1.54) is 6.20 Å². The van der Waals surface area contributed by atoms with Crippen LogP contribution in [-0.4, -0.2) is 34.8 Å². The van der Waals surface area contributed by atoms with E-state index in [1.807, 2.05) is 20.8 Å². The quantitative estimate of drug-likeness (QED) is 0.873. The van der Waals surface area contributed by atoms with E-state index in [0.29, 0.717) is 18.1 Å². The first kappa shape index (κ1) is 16.3. The van der Waals surface area contributed by atoms with Crippen molar-refractivity contribution in [2.75, 3.05) is 24.1 Å². The number of rotatable bonds is 2. The van der Waals surface area contributed by atoms with E-state index in [9.17, 15) is 9.59 Å². The van der Waals surface area contributed by atoms with Crippen molar-refractivity contribution >= 4 is 23.3 Å². The fraction of sp³-hybridized carbons (Fsp3) is 0.562. The first-order valence-electron chi connectivity index (χ1n) is 7.59. The minimum absolute atomic E-state index is 0.0713. The van der Waals surface area contributed by atoms with Gasteiger partial charge >= 0.3 is 0 Å². The molecule has 1 aromatic rings. The summed E-state index contributed by atoms with van der Waals surface area (Å²) >= 11 is 0. The zero-order chi connectivity index (χ0) is 16.3. The van der Waals surface area contributed by atoms with Crippen LogP contribution in [0.5, 0.6) is 0 Å². The molecule has 0 radical (unpaired) electrons. The number of nitrogens with two attached hydrogens (primary N) is 1. The molecular weight excluding hydrogens is 280 g/mol. The Morgan fingerprint density at radius 3 is 2.68 bits per heavy atom. The van der Waals surface area contributed by atoms with Crippen molar-refractivity contribution in [3.8, 4) is 0 Å². The second-order valence-electron chi connectivity index (χ2n) is 6.80. The van der Waals surface area contributed by atoms with Crippen molar-refractivity contribution in [2.24, 2.45) is 11.3 Å². The Kier molecular flexibility index (Phi) is 4.68. The highest BCUT2D eigenvalue weighted by Crippen LogP contribution is 2.24. The highest BCUT2D eigenvalue weighted by molar-refractivity contribution is 5.93. The van der Waals surface area contributed by atoms with Crippen molar-refractivity contribution in [3.63, 3.8) is 0 Å². The van der Waals surface area contributed by atoms with Crippen LogP contribution >= 0.6 is 0 Å². The lowest BCUT2D eigenvalue weighted by molar-refractivity contribution is -0.142. The van der Waals surface area contributed by atoms with Crippen LogP contribution in [-0.2, 0) is 9.59 Å². The zero-order valence-electron chi connectivity index (χ0n) is 13.4. The van der Waals surface area contributed by atoms with E-state index in [0.717, 1.165) is 19.4 Å². The van der Waals surface area contributed by atoms with E-state index in [2.05, 4.69) is 10.3 Å². The average Bonchev–Trinajstić information content (AvgIpc) is 2.48. The molecule has 1 aliphatic rings. The van der Waals surface area contributed by atoms with Gasteiger partial charge < -0.3 is 16.0 Å². The Hall–Kier alpha value is -2.11. The maximum Gasteiger partial charge on any atom is 0.229 e. The molecule has 2 heterocycles. The van der Waals surface area contributed by atoms with Gasteiger partial charge in [-0.2, -0.15) is 0 Å². The minimum Gasteiger partial charge on any atom is -0.384 e. The van der Waals surface area contributed by atoms with Gasteiger partial charge in [-0.25, -0.2) is 4.98 Å². The summed E-state index contributed by atoms with van der Waals surface area (Å²) in [6.45, 7) is 6.91. The molecule has 1 unspecified atom stereocenters. The largest absolute Gasteiger partial charge is 0.384 e. The summed E-state index contributed by atoms with van der Waals surface area (Å²) in [6.07, 6.45) is 3.18. The molecule has 6 nitrogen and oxygen atoms in total. The summed E-state index contributed by atoms with van der Waals surface area (Å²) < 4.78 is 0. The highest BCUT2D eigenvalue weighted by atomic mass is 16.2. The predicted molar refractivity (Wildman–Crippen MR) is 86.0 cm³/mol. The molecule has 0 saturated carbocycles. The number of anilines is 2. The summed E-state index contributed by atoms with van der Waals surface area (Å²) in [5, 5.41) is 2.84. The second-order valence-corrected chi connectivity index (χ2v) is 6.80. The van der Waals surface area contributed by atoms with Crippen molar-refractivity contribution in [3.05, 3.63) is 18.3 Å². The standard InChI is InChI=1S/C16H24N4O2/c1-16(2,3)15(22)20-8-4-5-11(10-20)14(21)19-12-6-7-13(17)18-9-12/h6-7,9,11H,4-5,8,10H2,1-3H3,(H2,17,18)(H,19,21). The van der Waals surface area contributed by atoms with Crippen molar-refractivity contribution in [1.82, 2.24) is 9.88 Å². The topological polar surface area (TPSA) is 88.3 Å². The lowest BCUT2D eigenvalue weighted by Gasteiger charge is -2.35. The van der Waals surface area contributed by atoms with Gasteiger partial charge in [-0.1, -0.05) is 20.8 Å². The molecule has 1 saturated heterocycles. The first-order valence-corrected chi connectivity index (χ1v) is 7.59. The molecule has 2 amide bonds. The molecule has 0 bridgehead atoms.